The molecule has 4 nitrogen and oxygen atoms in total. The molecule has 0 spiro atoms. The Bertz CT molecular complexity index is 592. The SMILES string of the molecule is C=CC1=CC(=O)[C@H]2[C@@H](CC[C@@H]3C(C)(C)C(O)C(O)C(O)[C@@]32C)[C@H]1C. The van der Waals surface area contributed by atoms with Crippen LogP contribution in [0.3, 0.4) is 0 Å². The molecular weight excluding hydrogens is 304 g/mol. The first-order valence-corrected chi connectivity index (χ1v) is 9.00. The predicted molar refractivity (Wildman–Crippen MR) is 92.1 cm³/mol. The van der Waals surface area contributed by atoms with Gasteiger partial charge in [0.25, 0.3) is 0 Å². The first-order chi connectivity index (χ1) is 11.1. The van der Waals surface area contributed by atoms with E-state index in [1.165, 1.54) is 0 Å². The van der Waals surface area contributed by atoms with E-state index in [2.05, 4.69) is 13.5 Å². The minimum atomic E-state index is -1.23. The molecule has 0 bridgehead atoms. The highest BCUT2D eigenvalue weighted by atomic mass is 16.4. The Morgan fingerprint density at radius 2 is 1.79 bits per heavy atom. The van der Waals surface area contributed by atoms with Crippen molar-refractivity contribution >= 4 is 5.78 Å². The van der Waals surface area contributed by atoms with Gasteiger partial charge in [-0.25, -0.2) is 0 Å². The third-order valence-corrected chi connectivity index (χ3v) is 7.60. The van der Waals surface area contributed by atoms with Gasteiger partial charge in [0.15, 0.2) is 5.78 Å². The van der Waals surface area contributed by atoms with E-state index in [0.717, 1.165) is 18.4 Å². The highest BCUT2D eigenvalue weighted by Crippen LogP contribution is 2.63. The maximum atomic E-state index is 13.0. The third kappa shape index (κ3) is 2.06. The molecule has 3 rings (SSSR count). The Balaban J connectivity index is 2.13. The van der Waals surface area contributed by atoms with E-state index < -0.39 is 29.1 Å². The van der Waals surface area contributed by atoms with Gasteiger partial charge in [-0.3, -0.25) is 4.79 Å². The number of aliphatic hydroxyl groups excluding tert-OH is 3. The molecule has 0 aromatic rings. The number of fused-ring (bicyclic) bond motifs is 3. The van der Waals surface area contributed by atoms with Crippen LogP contribution < -0.4 is 0 Å². The first-order valence-electron chi connectivity index (χ1n) is 9.00. The van der Waals surface area contributed by atoms with Gasteiger partial charge in [0.1, 0.15) is 6.10 Å². The fourth-order valence-corrected chi connectivity index (χ4v) is 6.20. The molecule has 0 aliphatic heterocycles. The lowest BCUT2D eigenvalue weighted by Crippen LogP contribution is -2.69. The van der Waals surface area contributed by atoms with Crippen molar-refractivity contribution < 1.29 is 20.1 Å². The minimum Gasteiger partial charge on any atom is -0.390 e. The fraction of sp³-hybridized carbons (Fsp3) is 0.750. The van der Waals surface area contributed by atoms with Crippen LogP contribution in [0.2, 0.25) is 0 Å². The van der Waals surface area contributed by atoms with Gasteiger partial charge in [-0.2, -0.15) is 0 Å². The van der Waals surface area contributed by atoms with Gasteiger partial charge < -0.3 is 15.3 Å². The molecule has 4 heteroatoms. The van der Waals surface area contributed by atoms with Crippen molar-refractivity contribution in [3.05, 3.63) is 24.3 Å². The summed E-state index contributed by atoms with van der Waals surface area (Å²) in [4.78, 5) is 13.0. The Kier molecular flexibility index (Phi) is 4.10. The quantitative estimate of drug-likeness (QED) is 0.686. The van der Waals surface area contributed by atoms with Crippen molar-refractivity contribution in [2.45, 2.75) is 58.8 Å². The second kappa shape index (κ2) is 5.52. The summed E-state index contributed by atoms with van der Waals surface area (Å²) in [5, 5.41) is 31.9. The van der Waals surface area contributed by atoms with E-state index in [0.29, 0.717) is 0 Å². The van der Waals surface area contributed by atoms with Crippen LogP contribution in [0.15, 0.2) is 24.3 Å². The zero-order valence-corrected chi connectivity index (χ0v) is 15.1. The third-order valence-electron chi connectivity index (χ3n) is 7.60. The van der Waals surface area contributed by atoms with Gasteiger partial charge in [-0.1, -0.05) is 40.3 Å². The summed E-state index contributed by atoms with van der Waals surface area (Å²) < 4.78 is 0. The van der Waals surface area contributed by atoms with Gasteiger partial charge in [0.2, 0.25) is 0 Å². The molecule has 3 unspecified atom stereocenters. The van der Waals surface area contributed by atoms with Gasteiger partial charge in [0, 0.05) is 11.3 Å². The Labute approximate surface area is 144 Å². The van der Waals surface area contributed by atoms with E-state index >= 15 is 0 Å². The van der Waals surface area contributed by atoms with Crippen LogP contribution in [-0.2, 0) is 4.79 Å². The minimum absolute atomic E-state index is 0.0190. The Morgan fingerprint density at radius 3 is 2.38 bits per heavy atom. The lowest BCUT2D eigenvalue weighted by Gasteiger charge is -2.64. The van der Waals surface area contributed by atoms with Crippen LogP contribution >= 0.6 is 0 Å². The highest BCUT2D eigenvalue weighted by Gasteiger charge is 2.66. The predicted octanol–water partition coefficient (Wildman–Crippen LogP) is 2.09. The maximum Gasteiger partial charge on any atom is 0.159 e. The molecule has 3 aliphatic rings. The van der Waals surface area contributed by atoms with Crippen molar-refractivity contribution in [1.82, 2.24) is 0 Å². The lowest BCUT2D eigenvalue weighted by atomic mass is 9.42. The molecule has 0 amide bonds. The standard InChI is InChI=1S/C20H30O4/c1-6-11-9-13(21)15-12(10(11)2)7-8-14-19(3,4)17(23)16(22)18(24)20(14,15)5/h6,9-10,12,14-18,22-24H,1,7-8H2,2-5H3/t10-,12-,14+,15+,16?,17?,18?,20-/m0/s1. The van der Waals surface area contributed by atoms with Gasteiger partial charge in [0.05, 0.1) is 12.2 Å². The molecule has 3 N–H and O–H groups in total. The number of rotatable bonds is 1. The van der Waals surface area contributed by atoms with Crippen molar-refractivity contribution in [3.8, 4) is 0 Å². The Morgan fingerprint density at radius 1 is 1.17 bits per heavy atom. The van der Waals surface area contributed by atoms with Crippen LogP contribution in [-0.4, -0.2) is 39.4 Å². The smallest absolute Gasteiger partial charge is 0.159 e. The molecule has 8 atom stereocenters. The van der Waals surface area contributed by atoms with Gasteiger partial charge in [-0.15, -0.1) is 0 Å². The summed E-state index contributed by atoms with van der Waals surface area (Å²) >= 11 is 0. The van der Waals surface area contributed by atoms with E-state index in [1.807, 2.05) is 20.8 Å². The lowest BCUT2D eigenvalue weighted by molar-refractivity contribution is -0.253. The molecule has 0 radical (unpaired) electrons. The van der Waals surface area contributed by atoms with Crippen molar-refractivity contribution in [3.63, 3.8) is 0 Å². The number of allylic oxidation sites excluding steroid dienone is 3. The maximum absolute atomic E-state index is 13.0. The molecule has 3 aliphatic carbocycles. The number of hydrogen-bond donors (Lipinski definition) is 3. The van der Waals surface area contributed by atoms with E-state index in [1.54, 1.807) is 12.2 Å². The number of ketones is 1. The highest BCUT2D eigenvalue weighted by molar-refractivity contribution is 5.95. The summed E-state index contributed by atoms with van der Waals surface area (Å²) in [5.74, 6) is 0.0337. The zero-order valence-electron chi connectivity index (χ0n) is 15.1. The molecular formula is C20H30O4. The summed E-state index contributed by atoms with van der Waals surface area (Å²) in [6.07, 6.45) is 1.84. The van der Waals surface area contributed by atoms with E-state index in [-0.39, 0.29) is 29.5 Å². The molecule has 0 saturated heterocycles. The number of carbonyl (C=O) groups is 1. The van der Waals surface area contributed by atoms with Gasteiger partial charge in [-0.05, 0) is 47.7 Å². The number of hydrogen-bond acceptors (Lipinski definition) is 4. The molecule has 2 fully saturated rings. The summed E-state index contributed by atoms with van der Waals surface area (Å²) in [6, 6.07) is 0. The molecule has 134 valence electrons. The Hall–Kier alpha value is -0.970. The fourth-order valence-electron chi connectivity index (χ4n) is 6.20. The monoisotopic (exact) mass is 334 g/mol. The van der Waals surface area contributed by atoms with Crippen molar-refractivity contribution in [2.24, 2.45) is 34.5 Å². The largest absolute Gasteiger partial charge is 0.390 e. The number of carbonyl (C=O) groups excluding carboxylic acids is 1. The number of aliphatic hydroxyl groups is 3. The molecule has 0 heterocycles. The van der Waals surface area contributed by atoms with Crippen LogP contribution in [0.4, 0.5) is 0 Å². The van der Waals surface area contributed by atoms with Crippen LogP contribution in [0, 0.1) is 34.5 Å². The molecule has 2 saturated carbocycles. The van der Waals surface area contributed by atoms with E-state index in [4.69, 9.17) is 0 Å². The average molecular weight is 334 g/mol. The van der Waals surface area contributed by atoms with Crippen LogP contribution in [0.5, 0.6) is 0 Å². The van der Waals surface area contributed by atoms with Gasteiger partial charge >= 0.3 is 0 Å². The normalized spacial score (nSPS) is 50.5. The first kappa shape index (κ1) is 17.8. The summed E-state index contributed by atoms with van der Waals surface area (Å²) in [7, 11) is 0. The molecule has 0 aromatic heterocycles. The molecule has 24 heavy (non-hydrogen) atoms. The summed E-state index contributed by atoms with van der Waals surface area (Å²) in [5.41, 5.74) is -0.322. The van der Waals surface area contributed by atoms with Crippen LogP contribution in [0.1, 0.15) is 40.5 Å². The van der Waals surface area contributed by atoms with E-state index in [9.17, 15) is 20.1 Å². The molecule has 0 aromatic carbocycles. The van der Waals surface area contributed by atoms with Crippen LogP contribution in [0.25, 0.3) is 0 Å². The second-order valence-electron chi connectivity index (χ2n) is 8.88. The van der Waals surface area contributed by atoms with Crippen molar-refractivity contribution in [2.75, 3.05) is 0 Å². The zero-order chi connectivity index (χ0) is 18.0. The average Bonchev–Trinajstić information content (AvgIpc) is 2.54. The topological polar surface area (TPSA) is 77.8 Å². The second-order valence-corrected chi connectivity index (χ2v) is 8.88. The van der Waals surface area contributed by atoms with Crippen molar-refractivity contribution in [1.29, 1.82) is 0 Å². The summed E-state index contributed by atoms with van der Waals surface area (Å²) in [6.45, 7) is 11.8.